The van der Waals surface area contributed by atoms with E-state index in [1.54, 1.807) is 0 Å². The SMILES string of the molecule is C=NO.CCS(=O)(=O)O. The third-order valence-corrected chi connectivity index (χ3v) is 1.09. The fraction of sp³-hybridized carbons (Fsp3) is 0.667. The third kappa shape index (κ3) is 37.7. The van der Waals surface area contributed by atoms with Crippen LogP contribution in [0.5, 0.6) is 0 Å². The van der Waals surface area contributed by atoms with Crippen LogP contribution < -0.4 is 0 Å². The van der Waals surface area contributed by atoms with Crippen molar-refractivity contribution in [1.29, 1.82) is 0 Å². The van der Waals surface area contributed by atoms with E-state index < -0.39 is 10.1 Å². The van der Waals surface area contributed by atoms with Gasteiger partial charge in [0.2, 0.25) is 0 Å². The third-order valence-electron chi connectivity index (χ3n) is 0.365. The van der Waals surface area contributed by atoms with Crippen molar-refractivity contribution in [2.24, 2.45) is 5.16 Å². The molecule has 0 spiro atoms. The van der Waals surface area contributed by atoms with Gasteiger partial charge in [-0.1, -0.05) is 0 Å². The number of hydrogen-bond acceptors (Lipinski definition) is 4. The van der Waals surface area contributed by atoms with Gasteiger partial charge in [0, 0.05) is 6.72 Å². The smallest absolute Gasteiger partial charge is 0.264 e. The molecule has 9 heavy (non-hydrogen) atoms. The van der Waals surface area contributed by atoms with Crippen LogP contribution >= 0.6 is 0 Å². The second-order valence-corrected chi connectivity index (χ2v) is 2.75. The highest BCUT2D eigenvalue weighted by molar-refractivity contribution is 7.85. The molecule has 5 nitrogen and oxygen atoms in total. The van der Waals surface area contributed by atoms with Gasteiger partial charge in [-0.15, -0.1) is 5.16 Å². The van der Waals surface area contributed by atoms with Gasteiger partial charge in [0.25, 0.3) is 10.1 Å². The molecule has 0 amide bonds. The predicted octanol–water partition coefficient (Wildman–Crippen LogP) is -0.0297. The average Bonchev–Trinajstić information content (AvgIpc) is 1.67. The monoisotopic (exact) mass is 155 g/mol. The van der Waals surface area contributed by atoms with E-state index in [4.69, 9.17) is 9.76 Å². The maximum atomic E-state index is 9.56. The molecule has 0 bridgehead atoms. The molecule has 0 atom stereocenters. The van der Waals surface area contributed by atoms with E-state index in [-0.39, 0.29) is 5.75 Å². The lowest BCUT2D eigenvalue weighted by Crippen LogP contribution is -1.97. The van der Waals surface area contributed by atoms with E-state index in [2.05, 4.69) is 11.9 Å². The number of nitrogens with zero attached hydrogens (tertiary/aromatic N) is 1. The highest BCUT2D eigenvalue weighted by Gasteiger charge is 1.93. The summed E-state index contributed by atoms with van der Waals surface area (Å²) in [7, 11) is -3.66. The van der Waals surface area contributed by atoms with Crippen molar-refractivity contribution in [3.05, 3.63) is 0 Å². The summed E-state index contributed by atoms with van der Waals surface area (Å²) in [5.41, 5.74) is 0. The van der Waals surface area contributed by atoms with E-state index >= 15 is 0 Å². The van der Waals surface area contributed by atoms with Gasteiger partial charge in [-0.2, -0.15) is 8.42 Å². The summed E-state index contributed by atoms with van der Waals surface area (Å²) in [5.74, 6) is -0.201. The zero-order chi connectivity index (χ0) is 7.91. The second-order valence-electron chi connectivity index (χ2n) is 1.01. The lowest BCUT2D eigenvalue weighted by molar-refractivity contribution is 0.323. The quantitative estimate of drug-likeness (QED) is 0.241. The Morgan fingerprint density at radius 3 is 1.78 bits per heavy atom. The van der Waals surface area contributed by atoms with E-state index in [1.165, 1.54) is 6.92 Å². The van der Waals surface area contributed by atoms with Crippen LogP contribution in [-0.4, -0.2) is 30.6 Å². The van der Waals surface area contributed by atoms with Crippen LogP contribution in [-0.2, 0) is 10.1 Å². The summed E-state index contributed by atoms with van der Waals surface area (Å²) >= 11 is 0. The topological polar surface area (TPSA) is 87.0 Å². The Labute approximate surface area is 53.7 Å². The maximum absolute atomic E-state index is 9.56. The number of rotatable bonds is 1. The zero-order valence-corrected chi connectivity index (χ0v) is 5.80. The summed E-state index contributed by atoms with van der Waals surface area (Å²) in [6, 6.07) is 0. The van der Waals surface area contributed by atoms with E-state index in [0.29, 0.717) is 0 Å². The lowest BCUT2D eigenvalue weighted by atomic mass is 11.0. The van der Waals surface area contributed by atoms with E-state index in [0.717, 1.165) is 0 Å². The molecule has 0 saturated heterocycles. The summed E-state index contributed by atoms with van der Waals surface area (Å²) in [6.45, 7) is 4.04. The molecule has 0 radical (unpaired) electrons. The van der Waals surface area contributed by atoms with Crippen molar-refractivity contribution in [3.63, 3.8) is 0 Å². The average molecular weight is 155 g/mol. The Bertz CT molecular complexity index is 149. The van der Waals surface area contributed by atoms with Crippen LogP contribution in [0.15, 0.2) is 5.16 Å². The van der Waals surface area contributed by atoms with Crippen molar-refractivity contribution in [3.8, 4) is 0 Å². The Morgan fingerprint density at radius 1 is 1.67 bits per heavy atom. The zero-order valence-electron chi connectivity index (χ0n) is 4.98. The largest absolute Gasteiger partial charge is 0.411 e. The van der Waals surface area contributed by atoms with Crippen molar-refractivity contribution < 1.29 is 18.2 Å². The van der Waals surface area contributed by atoms with Gasteiger partial charge in [0.05, 0.1) is 5.75 Å². The molecule has 0 aliphatic heterocycles. The van der Waals surface area contributed by atoms with Crippen LogP contribution in [0.4, 0.5) is 0 Å². The molecule has 0 rings (SSSR count). The number of oxime groups is 1. The molecule has 0 aliphatic carbocycles. The van der Waals surface area contributed by atoms with Gasteiger partial charge in [0.1, 0.15) is 0 Å². The first kappa shape index (κ1) is 11.2. The van der Waals surface area contributed by atoms with Gasteiger partial charge in [-0.3, -0.25) is 4.55 Å². The molecule has 0 aliphatic rings. The van der Waals surface area contributed by atoms with Crippen molar-refractivity contribution in [1.82, 2.24) is 0 Å². The minimum Gasteiger partial charge on any atom is -0.411 e. The number of hydrogen-bond donors (Lipinski definition) is 2. The Hall–Kier alpha value is -0.620. The molecule has 0 fully saturated rings. The van der Waals surface area contributed by atoms with Gasteiger partial charge in [-0.05, 0) is 6.92 Å². The summed E-state index contributed by atoms with van der Waals surface area (Å²) in [6.07, 6.45) is 0. The van der Waals surface area contributed by atoms with Crippen LogP contribution in [0.3, 0.4) is 0 Å². The van der Waals surface area contributed by atoms with Crippen molar-refractivity contribution in [2.45, 2.75) is 6.92 Å². The molecule has 0 unspecified atom stereocenters. The molecular weight excluding hydrogens is 146 g/mol. The van der Waals surface area contributed by atoms with Crippen LogP contribution in [0.2, 0.25) is 0 Å². The van der Waals surface area contributed by atoms with Crippen molar-refractivity contribution >= 4 is 16.8 Å². The molecule has 6 heteroatoms. The highest BCUT2D eigenvalue weighted by Crippen LogP contribution is 1.74. The van der Waals surface area contributed by atoms with Crippen molar-refractivity contribution in [2.75, 3.05) is 5.75 Å². The minimum atomic E-state index is -3.66. The standard InChI is InChI=1S/C2H6O3S.CH3NO/c1-2-6(3,4)5;1-2-3/h2H2,1H3,(H,3,4,5);3H,1H2. The molecule has 0 aromatic rings. The Kier molecular flexibility index (Phi) is 6.87. The van der Waals surface area contributed by atoms with Gasteiger partial charge in [-0.25, -0.2) is 0 Å². The first-order chi connectivity index (χ1) is 3.97. The molecule has 0 aromatic heterocycles. The molecule has 0 saturated carbocycles. The minimum absolute atomic E-state index is 0.201. The predicted molar refractivity (Wildman–Crippen MR) is 33.4 cm³/mol. The Balaban J connectivity index is 0. The fourth-order valence-electron chi connectivity index (χ4n) is 0. The van der Waals surface area contributed by atoms with E-state index in [1.807, 2.05) is 0 Å². The molecule has 0 heterocycles. The second kappa shape index (κ2) is 5.52. The summed E-state index contributed by atoms with van der Waals surface area (Å²) < 4.78 is 26.9. The first-order valence-electron chi connectivity index (χ1n) is 2.03. The van der Waals surface area contributed by atoms with Gasteiger partial charge >= 0.3 is 0 Å². The molecular formula is C3H9NO4S. The maximum Gasteiger partial charge on any atom is 0.264 e. The Morgan fingerprint density at radius 2 is 1.78 bits per heavy atom. The highest BCUT2D eigenvalue weighted by atomic mass is 32.2. The summed E-state index contributed by atoms with van der Waals surface area (Å²) in [4.78, 5) is 0. The summed E-state index contributed by atoms with van der Waals surface area (Å²) in [5, 5.41) is 9.33. The van der Waals surface area contributed by atoms with Gasteiger partial charge < -0.3 is 5.21 Å². The van der Waals surface area contributed by atoms with Crippen LogP contribution in [0.25, 0.3) is 0 Å². The molecule has 56 valence electrons. The normalized spacial score (nSPS) is 9.11. The lowest BCUT2D eigenvalue weighted by Gasteiger charge is -1.79. The molecule has 2 N–H and O–H groups in total. The van der Waals surface area contributed by atoms with Gasteiger partial charge in [0.15, 0.2) is 0 Å². The molecule has 0 aromatic carbocycles. The first-order valence-corrected chi connectivity index (χ1v) is 3.64. The fourth-order valence-corrected chi connectivity index (χ4v) is 0. The van der Waals surface area contributed by atoms with Crippen LogP contribution in [0, 0.1) is 0 Å². The van der Waals surface area contributed by atoms with Crippen LogP contribution in [0.1, 0.15) is 6.92 Å². The van der Waals surface area contributed by atoms with E-state index in [9.17, 15) is 8.42 Å².